The summed E-state index contributed by atoms with van der Waals surface area (Å²) >= 11 is 0. The van der Waals surface area contributed by atoms with E-state index in [0.29, 0.717) is 12.6 Å². The SMILES string of the molecule is Cc1cc(C)c(C(C=O)C=O)c(C)c1. The molecule has 1 rings (SSSR count). The Morgan fingerprint density at radius 3 is 1.79 bits per heavy atom. The van der Waals surface area contributed by atoms with Crippen molar-refractivity contribution in [3.8, 4) is 0 Å². The second-order valence-electron chi connectivity index (χ2n) is 3.61. The molecule has 0 amide bonds. The molecular formula is C12H14O2. The van der Waals surface area contributed by atoms with E-state index >= 15 is 0 Å². The molecule has 0 aromatic heterocycles. The number of aryl methyl sites for hydroxylation is 3. The average molecular weight is 190 g/mol. The molecule has 0 aliphatic rings. The Bertz CT molecular complexity index is 336. The zero-order valence-corrected chi connectivity index (χ0v) is 8.70. The van der Waals surface area contributed by atoms with Gasteiger partial charge in [0.2, 0.25) is 0 Å². The first-order chi connectivity index (χ1) is 6.60. The number of hydrogen-bond donors (Lipinski definition) is 0. The van der Waals surface area contributed by atoms with Gasteiger partial charge in [-0.3, -0.25) is 0 Å². The summed E-state index contributed by atoms with van der Waals surface area (Å²) in [5, 5.41) is 0. The lowest BCUT2D eigenvalue weighted by Gasteiger charge is -2.12. The van der Waals surface area contributed by atoms with Gasteiger partial charge in [-0.15, -0.1) is 0 Å². The summed E-state index contributed by atoms with van der Waals surface area (Å²) in [6.07, 6.45) is 1.38. The van der Waals surface area contributed by atoms with Crippen LogP contribution in [0.4, 0.5) is 0 Å². The van der Waals surface area contributed by atoms with E-state index in [-0.39, 0.29) is 0 Å². The maximum atomic E-state index is 10.7. The van der Waals surface area contributed by atoms with Crippen molar-refractivity contribution < 1.29 is 9.59 Å². The van der Waals surface area contributed by atoms with E-state index in [2.05, 4.69) is 0 Å². The van der Waals surface area contributed by atoms with Gasteiger partial charge in [-0.1, -0.05) is 17.7 Å². The number of benzene rings is 1. The van der Waals surface area contributed by atoms with Crippen LogP contribution in [-0.2, 0) is 9.59 Å². The molecule has 0 heterocycles. The molecule has 0 bridgehead atoms. The van der Waals surface area contributed by atoms with Crippen LogP contribution in [0, 0.1) is 20.8 Å². The summed E-state index contributed by atoms with van der Waals surface area (Å²) in [6, 6.07) is 3.98. The molecule has 0 N–H and O–H groups in total. The lowest BCUT2D eigenvalue weighted by molar-refractivity contribution is -0.116. The van der Waals surface area contributed by atoms with Crippen molar-refractivity contribution in [2.24, 2.45) is 0 Å². The van der Waals surface area contributed by atoms with Crippen LogP contribution in [0.25, 0.3) is 0 Å². The molecule has 0 aliphatic heterocycles. The fourth-order valence-corrected chi connectivity index (χ4v) is 1.89. The highest BCUT2D eigenvalue weighted by Gasteiger charge is 2.14. The predicted molar refractivity (Wildman–Crippen MR) is 55.5 cm³/mol. The topological polar surface area (TPSA) is 34.1 Å². The Hall–Kier alpha value is -1.44. The van der Waals surface area contributed by atoms with Gasteiger partial charge in [-0.25, -0.2) is 0 Å². The number of rotatable bonds is 3. The highest BCUT2D eigenvalue weighted by atomic mass is 16.1. The van der Waals surface area contributed by atoms with Crippen LogP contribution >= 0.6 is 0 Å². The lowest BCUT2D eigenvalue weighted by atomic mass is 9.91. The molecule has 1 aromatic carbocycles. The summed E-state index contributed by atoms with van der Waals surface area (Å²) in [7, 11) is 0. The normalized spacial score (nSPS) is 10.3. The van der Waals surface area contributed by atoms with Gasteiger partial charge in [-0.2, -0.15) is 0 Å². The molecule has 0 atom stereocenters. The molecule has 0 saturated carbocycles. The summed E-state index contributed by atoms with van der Waals surface area (Å²) in [4.78, 5) is 21.4. The Morgan fingerprint density at radius 1 is 1.00 bits per heavy atom. The van der Waals surface area contributed by atoms with Gasteiger partial charge < -0.3 is 9.59 Å². The van der Waals surface area contributed by atoms with Crippen LogP contribution in [0.15, 0.2) is 12.1 Å². The monoisotopic (exact) mass is 190 g/mol. The van der Waals surface area contributed by atoms with Gasteiger partial charge in [0.15, 0.2) is 0 Å². The number of aldehydes is 2. The van der Waals surface area contributed by atoms with E-state index < -0.39 is 5.92 Å². The Morgan fingerprint density at radius 2 is 1.43 bits per heavy atom. The molecule has 2 heteroatoms. The van der Waals surface area contributed by atoms with Gasteiger partial charge in [-0.05, 0) is 37.5 Å². The van der Waals surface area contributed by atoms with Crippen LogP contribution < -0.4 is 0 Å². The van der Waals surface area contributed by atoms with Gasteiger partial charge >= 0.3 is 0 Å². The standard InChI is InChI=1S/C12H14O2/c1-8-4-9(2)12(10(3)5-8)11(6-13)7-14/h4-7,11H,1-3H3. The first kappa shape index (κ1) is 10.6. The minimum Gasteiger partial charge on any atom is -0.302 e. The van der Waals surface area contributed by atoms with Crippen LogP contribution in [0.2, 0.25) is 0 Å². The van der Waals surface area contributed by atoms with E-state index in [0.717, 1.165) is 22.3 Å². The van der Waals surface area contributed by atoms with Gasteiger partial charge in [0.1, 0.15) is 12.6 Å². The fraction of sp³-hybridized carbons (Fsp3) is 0.333. The third-order valence-electron chi connectivity index (χ3n) is 2.36. The van der Waals surface area contributed by atoms with Crippen molar-refractivity contribution >= 4 is 12.6 Å². The van der Waals surface area contributed by atoms with Crippen molar-refractivity contribution in [2.45, 2.75) is 26.7 Å². The minimum atomic E-state index is -0.615. The number of carbonyl (C=O) groups is 2. The third kappa shape index (κ3) is 1.90. The highest BCUT2D eigenvalue weighted by Crippen LogP contribution is 2.22. The summed E-state index contributed by atoms with van der Waals surface area (Å²) in [5.74, 6) is -0.615. The van der Waals surface area contributed by atoms with E-state index in [1.54, 1.807) is 0 Å². The van der Waals surface area contributed by atoms with Crippen molar-refractivity contribution in [3.05, 3.63) is 34.4 Å². The van der Waals surface area contributed by atoms with Gasteiger partial charge in [0.05, 0.1) is 5.92 Å². The molecular weight excluding hydrogens is 176 g/mol. The Labute approximate surface area is 83.9 Å². The molecule has 0 aliphatic carbocycles. The quantitative estimate of drug-likeness (QED) is 0.540. The summed E-state index contributed by atoms with van der Waals surface area (Å²) in [6.45, 7) is 5.85. The van der Waals surface area contributed by atoms with Crippen LogP contribution in [0.3, 0.4) is 0 Å². The number of hydrogen-bond acceptors (Lipinski definition) is 2. The van der Waals surface area contributed by atoms with Crippen LogP contribution in [0.1, 0.15) is 28.2 Å². The molecule has 0 spiro atoms. The van der Waals surface area contributed by atoms with Crippen molar-refractivity contribution in [1.82, 2.24) is 0 Å². The Kier molecular flexibility index (Phi) is 3.18. The molecule has 1 aromatic rings. The first-order valence-electron chi connectivity index (χ1n) is 4.58. The van der Waals surface area contributed by atoms with E-state index in [1.807, 2.05) is 32.9 Å². The van der Waals surface area contributed by atoms with Crippen LogP contribution in [-0.4, -0.2) is 12.6 Å². The van der Waals surface area contributed by atoms with Crippen molar-refractivity contribution in [1.29, 1.82) is 0 Å². The zero-order chi connectivity index (χ0) is 10.7. The molecule has 74 valence electrons. The third-order valence-corrected chi connectivity index (χ3v) is 2.36. The first-order valence-corrected chi connectivity index (χ1v) is 4.58. The molecule has 0 fully saturated rings. The van der Waals surface area contributed by atoms with E-state index in [4.69, 9.17) is 0 Å². The predicted octanol–water partition coefficient (Wildman–Crippen LogP) is 2.09. The maximum Gasteiger partial charge on any atom is 0.134 e. The van der Waals surface area contributed by atoms with Crippen LogP contribution in [0.5, 0.6) is 0 Å². The highest BCUT2D eigenvalue weighted by molar-refractivity contribution is 5.86. The molecule has 0 unspecified atom stereocenters. The minimum absolute atomic E-state index is 0.615. The summed E-state index contributed by atoms with van der Waals surface area (Å²) in [5.41, 5.74) is 4.01. The number of carbonyl (C=O) groups excluding carboxylic acids is 2. The smallest absolute Gasteiger partial charge is 0.134 e. The average Bonchev–Trinajstić information content (AvgIpc) is 2.10. The van der Waals surface area contributed by atoms with Gasteiger partial charge in [0.25, 0.3) is 0 Å². The largest absolute Gasteiger partial charge is 0.302 e. The van der Waals surface area contributed by atoms with Crippen molar-refractivity contribution in [2.75, 3.05) is 0 Å². The lowest BCUT2D eigenvalue weighted by Crippen LogP contribution is -2.06. The van der Waals surface area contributed by atoms with Gasteiger partial charge in [0, 0.05) is 0 Å². The second kappa shape index (κ2) is 4.18. The Balaban J connectivity index is 3.32. The molecule has 0 radical (unpaired) electrons. The second-order valence-corrected chi connectivity index (χ2v) is 3.61. The maximum absolute atomic E-state index is 10.7. The molecule has 14 heavy (non-hydrogen) atoms. The van der Waals surface area contributed by atoms with Crippen molar-refractivity contribution in [3.63, 3.8) is 0 Å². The molecule has 2 nitrogen and oxygen atoms in total. The molecule has 0 saturated heterocycles. The van der Waals surface area contributed by atoms with E-state index in [9.17, 15) is 9.59 Å². The fourth-order valence-electron chi connectivity index (χ4n) is 1.89. The summed E-state index contributed by atoms with van der Waals surface area (Å²) < 4.78 is 0. The zero-order valence-electron chi connectivity index (χ0n) is 8.70. The van der Waals surface area contributed by atoms with E-state index in [1.165, 1.54) is 0 Å².